The van der Waals surface area contributed by atoms with Crippen LogP contribution in [0.2, 0.25) is 0 Å². The first-order valence-corrected chi connectivity index (χ1v) is 13.3. The van der Waals surface area contributed by atoms with E-state index in [1.165, 1.54) is 9.01 Å². The third-order valence-corrected chi connectivity index (χ3v) is 9.14. The van der Waals surface area contributed by atoms with Gasteiger partial charge in [0.1, 0.15) is 0 Å². The Balaban J connectivity index is 1.23. The lowest BCUT2D eigenvalue weighted by atomic mass is 9.97. The summed E-state index contributed by atoms with van der Waals surface area (Å²) in [6, 6.07) is 13.3. The SMILES string of the molecule is Cc1ccc(S(=O)(=O)N2CCC(C(=O)NCCCc3nc4ccccc4s3)CC2)cc1C. The van der Waals surface area contributed by atoms with Crippen LogP contribution in [0.5, 0.6) is 0 Å². The number of nitrogens with one attached hydrogen (secondary N) is 1. The minimum absolute atomic E-state index is 0.0255. The van der Waals surface area contributed by atoms with Crippen LogP contribution >= 0.6 is 11.3 Å². The van der Waals surface area contributed by atoms with Crippen LogP contribution in [0.3, 0.4) is 0 Å². The molecule has 0 atom stereocenters. The van der Waals surface area contributed by atoms with Gasteiger partial charge in [-0.25, -0.2) is 13.4 Å². The van der Waals surface area contributed by atoms with Crippen molar-refractivity contribution in [1.29, 1.82) is 0 Å². The van der Waals surface area contributed by atoms with E-state index in [0.717, 1.165) is 34.5 Å². The number of sulfonamides is 1. The molecule has 1 N–H and O–H groups in total. The van der Waals surface area contributed by atoms with Gasteiger partial charge in [-0.2, -0.15) is 4.31 Å². The Labute approximate surface area is 193 Å². The number of hydrogen-bond donors (Lipinski definition) is 1. The molecule has 170 valence electrons. The highest BCUT2D eigenvalue weighted by Gasteiger charge is 2.32. The molecule has 32 heavy (non-hydrogen) atoms. The van der Waals surface area contributed by atoms with Crippen molar-refractivity contribution in [2.24, 2.45) is 5.92 Å². The third-order valence-electron chi connectivity index (χ3n) is 6.15. The lowest BCUT2D eigenvalue weighted by molar-refractivity contribution is -0.126. The van der Waals surface area contributed by atoms with Gasteiger partial charge >= 0.3 is 0 Å². The number of aromatic nitrogens is 1. The Morgan fingerprint density at radius 3 is 2.59 bits per heavy atom. The van der Waals surface area contributed by atoms with Crippen LogP contribution in [-0.2, 0) is 21.2 Å². The van der Waals surface area contributed by atoms with Crippen LogP contribution in [0.25, 0.3) is 10.2 Å². The molecule has 1 fully saturated rings. The zero-order valence-corrected chi connectivity index (χ0v) is 20.1. The second kappa shape index (κ2) is 9.68. The highest BCUT2D eigenvalue weighted by molar-refractivity contribution is 7.89. The largest absolute Gasteiger partial charge is 0.356 e. The van der Waals surface area contributed by atoms with Crippen LogP contribution in [0.1, 0.15) is 35.4 Å². The molecule has 6 nitrogen and oxygen atoms in total. The van der Waals surface area contributed by atoms with E-state index in [1.807, 2.05) is 38.1 Å². The minimum atomic E-state index is -3.52. The number of amides is 1. The molecule has 1 aliphatic rings. The van der Waals surface area contributed by atoms with Gasteiger partial charge in [0.2, 0.25) is 15.9 Å². The lowest BCUT2D eigenvalue weighted by Gasteiger charge is -2.30. The predicted octanol–water partition coefficient (Wildman–Crippen LogP) is 4.06. The van der Waals surface area contributed by atoms with Crippen LogP contribution < -0.4 is 5.32 Å². The molecule has 2 aromatic carbocycles. The van der Waals surface area contributed by atoms with Crippen LogP contribution in [-0.4, -0.2) is 43.2 Å². The lowest BCUT2D eigenvalue weighted by Crippen LogP contribution is -2.43. The molecule has 1 aromatic heterocycles. The molecule has 0 saturated carbocycles. The number of piperidine rings is 1. The van der Waals surface area contributed by atoms with Gasteiger partial charge in [0.25, 0.3) is 0 Å². The minimum Gasteiger partial charge on any atom is -0.356 e. The summed E-state index contributed by atoms with van der Waals surface area (Å²) in [5.74, 6) is -0.110. The molecule has 1 amide bonds. The Morgan fingerprint density at radius 1 is 1.12 bits per heavy atom. The Kier molecular flexibility index (Phi) is 6.93. The summed E-state index contributed by atoms with van der Waals surface area (Å²) in [5, 5.41) is 4.11. The summed E-state index contributed by atoms with van der Waals surface area (Å²) < 4.78 is 28.6. The number of carbonyl (C=O) groups is 1. The van der Waals surface area contributed by atoms with Crippen molar-refractivity contribution in [3.63, 3.8) is 0 Å². The molecule has 8 heteroatoms. The maximum absolute atomic E-state index is 13.0. The average molecular weight is 472 g/mol. The smallest absolute Gasteiger partial charge is 0.243 e. The summed E-state index contributed by atoms with van der Waals surface area (Å²) in [6.45, 7) is 5.24. The van der Waals surface area contributed by atoms with Crippen LogP contribution in [0, 0.1) is 19.8 Å². The molecule has 3 aromatic rings. The summed E-state index contributed by atoms with van der Waals surface area (Å²) in [6.07, 6.45) is 2.78. The quantitative estimate of drug-likeness (QED) is 0.527. The van der Waals surface area contributed by atoms with Gasteiger partial charge in [-0.1, -0.05) is 18.2 Å². The van der Waals surface area contributed by atoms with Gasteiger partial charge in [-0.15, -0.1) is 11.3 Å². The van der Waals surface area contributed by atoms with Gasteiger partial charge in [0.15, 0.2) is 0 Å². The van der Waals surface area contributed by atoms with Crippen LogP contribution in [0.4, 0.5) is 0 Å². The van der Waals surface area contributed by atoms with Gasteiger partial charge < -0.3 is 5.32 Å². The molecular weight excluding hydrogens is 442 g/mol. The Morgan fingerprint density at radius 2 is 1.88 bits per heavy atom. The molecule has 0 aliphatic carbocycles. The van der Waals surface area contributed by atoms with E-state index in [1.54, 1.807) is 23.5 Å². The van der Waals surface area contributed by atoms with Crippen molar-refractivity contribution >= 4 is 37.5 Å². The number of carbonyl (C=O) groups excluding carboxylic acids is 1. The predicted molar refractivity (Wildman–Crippen MR) is 128 cm³/mol. The molecule has 1 saturated heterocycles. The van der Waals surface area contributed by atoms with E-state index < -0.39 is 10.0 Å². The molecule has 1 aliphatic heterocycles. The van der Waals surface area contributed by atoms with Crippen molar-refractivity contribution in [2.45, 2.75) is 44.4 Å². The first-order valence-electron chi connectivity index (χ1n) is 11.0. The summed E-state index contributed by atoms with van der Waals surface area (Å²) >= 11 is 1.70. The zero-order valence-electron chi connectivity index (χ0n) is 18.5. The maximum Gasteiger partial charge on any atom is 0.243 e. The highest BCUT2D eigenvalue weighted by Crippen LogP contribution is 2.25. The number of para-hydroxylation sites is 1. The van der Waals surface area contributed by atoms with Gasteiger partial charge in [0.05, 0.1) is 20.1 Å². The van der Waals surface area contributed by atoms with Gasteiger partial charge in [-0.05, 0) is 68.5 Å². The van der Waals surface area contributed by atoms with Crippen molar-refractivity contribution in [2.75, 3.05) is 19.6 Å². The fourth-order valence-electron chi connectivity index (χ4n) is 4.00. The van der Waals surface area contributed by atoms with E-state index in [9.17, 15) is 13.2 Å². The molecule has 4 rings (SSSR count). The van der Waals surface area contributed by atoms with Crippen molar-refractivity contribution < 1.29 is 13.2 Å². The van der Waals surface area contributed by atoms with E-state index in [2.05, 4.69) is 16.4 Å². The third kappa shape index (κ3) is 5.03. The highest BCUT2D eigenvalue weighted by atomic mass is 32.2. The number of thiazole rings is 1. The van der Waals surface area contributed by atoms with E-state index in [4.69, 9.17) is 0 Å². The topological polar surface area (TPSA) is 79.4 Å². The number of benzene rings is 2. The Bertz CT molecular complexity index is 1180. The zero-order chi connectivity index (χ0) is 22.7. The standard InChI is InChI=1S/C24H29N3O3S2/c1-17-9-10-20(16-18(17)2)32(29,30)27-14-11-19(12-15-27)24(28)25-13-5-8-23-26-21-6-3-4-7-22(21)31-23/h3-4,6-7,9-10,16,19H,5,8,11-15H2,1-2H3,(H,25,28). The van der Waals surface area contributed by atoms with E-state index in [0.29, 0.717) is 37.4 Å². The molecule has 0 bridgehead atoms. The molecular formula is C24H29N3O3S2. The van der Waals surface area contributed by atoms with E-state index in [-0.39, 0.29) is 11.8 Å². The monoisotopic (exact) mass is 471 g/mol. The summed E-state index contributed by atoms with van der Waals surface area (Å²) in [4.78, 5) is 17.5. The fraction of sp³-hybridized carbons (Fsp3) is 0.417. The molecule has 2 heterocycles. The molecule has 0 radical (unpaired) electrons. The van der Waals surface area contributed by atoms with E-state index >= 15 is 0 Å². The van der Waals surface area contributed by atoms with Crippen molar-refractivity contribution in [3.8, 4) is 0 Å². The number of aryl methyl sites for hydroxylation is 3. The number of rotatable bonds is 7. The fourth-order valence-corrected chi connectivity index (χ4v) is 6.57. The Hall–Kier alpha value is -2.29. The van der Waals surface area contributed by atoms with Crippen molar-refractivity contribution in [1.82, 2.24) is 14.6 Å². The van der Waals surface area contributed by atoms with Crippen LogP contribution in [0.15, 0.2) is 47.4 Å². The first kappa shape index (κ1) is 22.9. The number of nitrogens with zero attached hydrogens (tertiary/aromatic N) is 2. The normalized spacial score (nSPS) is 15.8. The number of hydrogen-bond acceptors (Lipinski definition) is 5. The average Bonchev–Trinajstić information content (AvgIpc) is 3.21. The van der Waals surface area contributed by atoms with Gasteiger partial charge in [0, 0.05) is 32.0 Å². The second-order valence-corrected chi connectivity index (χ2v) is 11.4. The van der Waals surface area contributed by atoms with Crippen molar-refractivity contribution in [3.05, 3.63) is 58.6 Å². The summed E-state index contributed by atoms with van der Waals surface area (Å²) in [7, 11) is -3.52. The first-order chi connectivity index (χ1) is 15.3. The summed E-state index contributed by atoms with van der Waals surface area (Å²) in [5.41, 5.74) is 3.06. The molecule has 0 unspecified atom stereocenters. The molecule has 0 spiro atoms. The van der Waals surface area contributed by atoms with Gasteiger partial charge in [-0.3, -0.25) is 4.79 Å². The number of fused-ring (bicyclic) bond motifs is 1. The maximum atomic E-state index is 13.0. The second-order valence-electron chi connectivity index (χ2n) is 8.39.